The summed E-state index contributed by atoms with van der Waals surface area (Å²) in [6.07, 6.45) is 6.56. The van der Waals surface area contributed by atoms with Crippen molar-refractivity contribution in [2.75, 3.05) is 6.61 Å². The predicted molar refractivity (Wildman–Crippen MR) is 91.0 cm³/mol. The van der Waals surface area contributed by atoms with Crippen LogP contribution in [0.25, 0.3) is 6.08 Å². The number of hydrogen-bond donors (Lipinski definition) is 0. The molecule has 120 valence electrons. The van der Waals surface area contributed by atoms with Crippen LogP contribution in [0.5, 0.6) is 11.5 Å². The van der Waals surface area contributed by atoms with Crippen LogP contribution in [0.15, 0.2) is 48.8 Å². The van der Waals surface area contributed by atoms with Crippen molar-refractivity contribution >= 4 is 11.9 Å². The fraction of sp³-hybridized carbons (Fsp3) is 0.263. The molecule has 0 aliphatic carbocycles. The molecule has 0 N–H and O–H groups in total. The Kier molecular flexibility index (Phi) is 5.92. The first-order valence-electron chi connectivity index (χ1n) is 7.66. The average molecular weight is 311 g/mol. The van der Waals surface area contributed by atoms with Gasteiger partial charge in [-0.15, -0.1) is 0 Å². The van der Waals surface area contributed by atoms with Gasteiger partial charge in [0.15, 0.2) is 17.3 Å². The Hall–Kier alpha value is -2.62. The molecule has 4 nitrogen and oxygen atoms in total. The summed E-state index contributed by atoms with van der Waals surface area (Å²) in [6, 6.07) is 9.11. The van der Waals surface area contributed by atoms with Gasteiger partial charge in [0.05, 0.1) is 12.7 Å². The molecule has 0 spiro atoms. The molecule has 23 heavy (non-hydrogen) atoms. The molecule has 0 saturated carbocycles. The van der Waals surface area contributed by atoms with Crippen LogP contribution in [0.1, 0.15) is 36.7 Å². The minimum atomic E-state index is -0.0847. The van der Waals surface area contributed by atoms with Gasteiger partial charge in [0.25, 0.3) is 0 Å². The van der Waals surface area contributed by atoms with Gasteiger partial charge in [-0.1, -0.05) is 12.1 Å². The number of carbonyl (C=O) groups excluding carboxylic acids is 1. The molecule has 0 saturated heterocycles. The number of nitrogens with zero attached hydrogens (tertiary/aromatic N) is 1. The highest BCUT2D eigenvalue weighted by Crippen LogP contribution is 2.29. The van der Waals surface area contributed by atoms with Crippen LogP contribution in [0.4, 0.5) is 0 Å². The summed E-state index contributed by atoms with van der Waals surface area (Å²) < 4.78 is 11.3. The summed E-state index contributed by atoms with van der Waals surface area (Å²) in [5, 5.41) is 0. The van der Waals surface area contributed by atoms with E-state index in [-0.39, 0.29) is 11.9 Å². The summed E-state index contributed by atoms with van der Waals surface area (Å²) in [5.74, 6) is 1.30. The first-order valence-corrected chi connectivity index (χ1v) is 7.66. The van der Waals surface area contributed by atoms with Crippen LogP contribution < -0.4 is 9.47 Å². The highest BCUT2D eigenvalue weighted by Gasteiger charge is 2.08. The number of rotatable bonds is 7. The second-order valence-corrected chi connectivity index (χ2v) is 5.25. The number of benzene rings is 1. The van der Waals surface area contributed by atoms with Crippen LogP contribution in [0, 0.1) is 0 Å². The monoisotopic (exact) mass is 311 g/mol. The third kappa shape index (κ3) is 4.95. The van der Waals surface area contributed by atoms with Crippen LogP contribution in [0.3, 0.4) is 0 Å². The van der Waals surface area contributed by atoms with Gasteiger partial charge in [-0.25, -0.2) is 0 Å². The van der Waals surface area contributed by atoms with Gasteiger partial charge in [0, 0.05) is 18.0 Å². The largest absolute Gasteiger partial charge is 0.490 e. The van der Waals surface area contributed by atoms with Gasteiger partial charge >= 0.3 is 0 Å². The minimum absolute atomic E-state index is 0.0720. The van der Waals surface area contributed by atoms with Gasteiger partial charge in [-0.05, 0) is 56.7 Å². The molecule has 0 aliphatic rings. The molecule has 0 fully saturated rings. The lowest BCUT2D eigenvalue weighted by atomic mass is 10.1. The van der Waals surface area contributed by atoms with Crippen molar-refractivity contribution in [1.82, 2.24) is 4.98 Å². The van der Waals surface area contributed by atoms with E-state index in [1.807, 2.05) is 39.0 Å². The maximum absolute atomic E-state index is 12.1. The maximum Gasteiger partial charge on any atom is 0.187 e. The van der Waals surface area contributed by atoms with Crippen LogP contribution in [-0.4, -0.2) is 23.5 Å². The zero-order valence-corrected chi connectivity index (χ0v) is 13.7. The van der Waals surface area contributed by atoms with Crippen LogP contribution in [0.2, 0.25) is 0 Å². The third-order valence-electron chi connectivity index (χ3n) is 3.00. The van der Waals surface area contributed by atoms with E-state index in [9.17, 15) is 4.79 Å². The Morgan fingerprint density at radius 3 is 2.74 bits per heavy atom. The topological polar surface area (TPSA) is 48.4 Å². The zero-order valence-electron chi connectivity index (χ0n) is 13.7. The Bertz CT molecular complexity index is 678. The van der Waals surface area contributed by atoms with Crippen molar-refractivity contribution < 1.29 is 14.3 Å². The number of pyridine rings is 1. The second kappa shape index (κ2) is 8.13. The van der Waals surface area contributed by atoms with E-state index in [0.717, 1.165) is 5.56 Å². The second-order valence-electron chi connectivity index (χ2n) is 5.25. The van der Waals surface area contributed by atoms with Crippen molar-refractivity contribution in [2.24, 2.45) is 0 Å². The first-order chi connectivity index (χ1) is 11.1. The van der Waals surface area contributed by atoms with E-state index in [0.29, 0.717) is 23.7 Å². The highest BCUT2D eigenvalue weighted by molar-refractivity contribution is 6.06. The first kappa shape index (κ1) is 16.7. The standard InChI is InChI=1S/C19H21NO3/c1-4-22-19-12-15(8-10-18(19)23-14(2)3)7-9-17(21)16-6-5-11-20-13-16/h5-14H,4H2,1-3H3/b9-7+. The lowest BCUT2D eigenvalue weighted by Gasteiger charge is -2.14. The number of carbonyl (C=O) groups is 1. The minimum Gasteiger partial charge on any atom is -0.490 e. The third-order valence-corrected chi connectivity index (χ3v) is 3.00. The van der Waals surface area contributed by atoms with E-state index in [2.05, 4.69) is 4.98 Å². The molecule has 1 aromatic carbocycles. The van der Waals surface area contributed by atoms with E-state index in [1.54, 1.807) is 30.6 Å². The summed E-state index contributed by atoms with van der Waals surface area (Å²) in [6.45, 7) is 6.41. The smallest absolute Gasteiger partial charge is 0.187 e. The molecule has 2 rings (SSSR count). The molecular formula is C19H21NO3. The van der Waals surface area contributed by atoms with Crippen LogP contribution >= 0.6 is 0 Å². The van der Waals surface area contributed by atoms with E-state index in [1.165, 1.54) is 6.08 Å². The molecule has 0 aliphatic heterocycles. The lowest BCUT2D eigenvalue weighted by Crippen LogP contribution is -2.07. The molecule has 4 heteroatoms. The number of ketones is 1. The van der Waals surface area contributed by atoms with Gasteiger partial charge in [-0.2, -0.15) is 0 Å². The normalized spacial score (nSPS) is 11.0. The summed E-state index contributed by atoms with van der Waals surface area (Å²) in [5.41, 5.74) is 1.44. The SMILES string of the molecule is CCOc1cc(/C=C/C(=O)c2cccnc2)ccc1OC(C)C. The lowest BCUT2D eigenvalue weighted by molar-refractivity contribution is 0.104. The van der Waals surface area contributed by atoms with Crippen LogP contribution in [-0.2, 0) is 0 Å². The van der Waals surface area contributed by atoms with E-state index in [4.69, 9.17) is 9.47 Å². The maximum atomic E-state index is 12.1. The molecule has 0 amide bonds. The molecule has 2 aromatic rings. The molecule has 1 aromatic heterocycles. The highest BCUT2D eigenvalue weighted by atomic mass is 16.5. The Balaban J connectivity index is 2.18. The Morgan fingerprint density at radius 1 is 1.26 bits per heavy atom. The van der Waals surface area contributed by atoms with Gasteiger partial charge in [-0.3, -0.25) is 9.78 Å². The van der Waals surface area contributed by atoms with Gasteiger partial charge < -0.3 is 9.47 Å². The summed E-state index contributed by atoms with van der Waals surface area (Å²) in [7, 11) is 0. The Morgan fingerprint density at radius 2 is 2.09 bits per heavy atom. The van der Waals surface area contributed by atoms with E-state index < -0.39 is 0 Å². The van der Waals surface area contributed by atoms with Crippen molar-refractivity contribution in [3.05, 3.63) is 59.9 Å². The average Bonchev–Trinajstić information content (AvgIpc) is 2.55. The predicted octanol–water partition coefficient (Wildman–Crippen LogP) is 4.16. The number of aromatic nitrogens is 1. The number of ether oxygens (including phenoxy) is 2. The molecular weight excluding hydrogens is 290 g/mol. The Labute approximate surface area is 136 Å². The van der Waals surface area contributed by atoms with Crippen molar-refractivity contribution in [3.63, 3.8) is 0 Å². The van der Waals surface area contributed by atoms with E-state index >= 15 is 0 Å². The fourth-order valence-corrected chi connectivity index (χ4v) is 2.02. The van der Waals surface area contributed by atoms with Crippen molar-refractivity contribution in [1.29, 1.82) is 0 Å². The fourth-order valence-electron chi connectivity index (χ4n) is 2.02. The quantitative estimate of drug-likeness (QED) is 0.569. The number of allylic oxidation sites excluding steroid dienone is 1. The molecule has 1 heterocycles. The van der Waals surface area contributed by atoms with Crippen molar-refractivity contribution in [3.8, 4) is 11.5 Å². The summed E-state index contributed by atoms with van der Waals surface area (Å²) >= 11 is 0. The molecule has 0 bridgehead atoms. The molecule has 0 unspecified atom stereocenters. The zero-order chi connectivity index (χ0) is 16.7. The van der Waals surface area contributed by atoms with Gasteiger partial charge in [0.1, 0.15) is 0 Å². The van der Waals surface area contributed by atoms with Crippen molar-refractivity contribution in [2.45, 2.75) is 26.9 Å². The molecule has 0 atom stereocenters. The summed E-state index contributed by atoms with van der Waals surface area (Å²) in [4.78, 5) is 16.0. The number of hydrogen-bond acceptors (Lipinski definition) is 4. The van der Waals surface area contributed by atoms with Gasteiger partial charge in [0.2, 0.25) is 0 Å². The molecule has 0 radical (unpaired) electrons.